The van der Waals surface area contributed by atoms with Crippen LogP contribution in [0.5, 0.6) is 0 Å². The van der Waals surface area contributed by atoms with Gasteiger partial charge in [0.25, 0.3) is 5.91 Å². The fraction of sp³-hybridized carbons (Fsp3) is 0.217. The molecule has 31 heavy (non-hydrogen) atoms. The second-order valence-corrected chi connectivity index (χ2v) is 6.75. The van der Waals surface area contributed by atoms with Crippen LogP contribution in [-0.2, 0) is 9.53 Å². The zero-order valence-electron chi connectivity index (χ0n) is 17.4. The quantitative estimate of drug-likeness (QED) is 0.545. The molecule has 0 fully saturated rings. The van der Waals surface area contributed by atoms with Gasteiger partial charge in [-0.1, -0.05) is 24.3 Å². The topological polar surface area (TPSA) is 102 Å². The van der Waals surface area contributed by atoms with Gasteiger partial charge in [0.1, 0.15) is 5.56 Å². The van der Waals surface area contributed by atoms with Gasteiger partial charge in [-0.25, -0.2) is 9.48 Å². The summed E-state index contributed by atoms with van der Waals surface area (Å²) < 4.78 is 6.65. The predicted octanol–water partition coefficient (Wildman–Crippen LogP) is 3.12. The number of carbonyl (C=O) groups excluding carboxylic acids is 3. The molecule has 2 amide bonds. The highest BCUT2D eigenvalue weighted by Crippen LogP contribution is 2.18. The highest BCUT2D eigenvalue weighted by molar-refractivity contribution is 5.95. The van der Waals surface area contributed by atoms with Crippen LogP contribution >= 0.6 is 0 Å². The van der Waals surface area contributed by atoms with E-state index in [0.29, 0.717) is 28.2 Å². The summed E-state index contributed by atoms with van der Waals surface area (Å²) >= 11 is 0. The van der Waals surface area contributed by atoms with Gasteiger partial charge in [-0.15, -0.1) is 0 Å². The summed E-state index contributed by atoms with van der Waals surface area (Å²) in [7, 11) is 0. The number of amides is 2. The van der Waals surface area contributed by atoms with Gasteiger partial charge in [0.2, 0.25) is 5.91 Å². The van der Waals surface area contributed by atoms with Gasteiger partial charge < -0.3 is 15.4 Å². The van der Waals surface area contributed by atoms with Crippen LogP contribution in [0.25, 0.3) is 5.69 Å². The standard InChI is InChI=1S/C23H24N4O4/c1-3-31-23(30)20-15-25-27(16(20)2)19-11-7-10-18(14-19)26-21(28)12-13-24-22(29)17-8-5-4-6-9-17/h4-11,14-15H,3,12-13H2,1-2H3,(H,24,29)(H,26,28). The molecule has 8 heteroatoms. The number of anilines is 1. The van der Waals surface area contributed by atoms with Crippen LogP contribution in [0.4, 0.5) is 5.69 Å². The summed E-state index contributed by atoms with van der Waals surface area (Å²) in [5, 5.41) is 9.80. The van der Waals surface area contributed by atoms with Crippen molar-refractivity contribution < 1.29 is 19.1 Å². The van der Waals surface area contributed by atoms with Crippen molar-refractivity contribution in [1.82, 2.24) is 15.1 Å². The monoisotopic (exact) mass is 420 g/mol. The maximum Gasteiger partial charge on any atom is 0.341 e. The number of ether oxygens (including phenoxy) is 1. The molecular formula is C23H24N4O4. The molecule has 2 aromatic carbocycles. The summed E-state index contributed by atoms with van der Waals surface area (Å²) in [6, 6.07) is 16.0. The van der Waals surface area contributed by atoms with Gasteiger partial charge in [0.15, 0.2) is 0 Å². The average Bonchev–Trinajstić information content (AvgIpc) is 3.16. The lowest BCUT2D eigenvalue weighted by atomic mass is 10.2. The van der Waals surface area contributed by atoms with Crippen LogP contribution in [0.3, 0.4) is 0 Å². The Hall–Kier alpha value is -3.94. The highest BCUT2D eigenvalue weighted by atomic mass is 16.5. The molecule has 1 heterocycles. The first kappa shape index (κ1) is 21.8. The van der Waals surface area contributed by atoms with Crippen molar-refractivity contribution in [2.45, 2.75) is 20.3 Å². The number of nitrogens with one attached hydrogen (secondary N) is 2. The summed E-state index contributed by atoms with van der Waals surface area (Å²) in [6.45, 7) is 4.04. The predicted molar refractivity (Wildman–Crippen MR) is 116 cm³/mol. The number of rotatable bonds is 8. The first-order valence-corrected chi connectivity index (χ1v) is 9.95. The molecule has 0 atom stereocenters. The van der Waals surface area contributed by atoms with E-state index in [1.54, 1.807) is 61.0 Å². The van der Waals surface area contributed by atoms with Gasteiger partial charge in [-0.05, 0) is 44.2 Å². The number of aromatic nitrogens is 2. The van der Waals surface area contributed by atoms with Gasteiger partial charge in [0, 0.05) is 24.2 Å². The van der Waals surface area contributed by atoms with E-state index in [2.05, 4.69) is 15.7 Å². The van der Waals surface area contributed by atoms with Crippen LogP contribution in [0, 0.1) is 6.92 Å². The van der Waals surface area contributed by atoms with E-state index in [1.807, 2.05) is 12.1 Å². The third kappa shape index (κ3) is 5.57. The van der Waals surface area contributed by atoms with E-state index in [4.69, 9.17) is 4.74 Å². The van der Waals surface area contributed by atoms with E-state index in [-0.39, 0.29) is 31.4 Å². The number of nitrogens with zero attached hydrogens (tertiary/aromatic N) is 2. The van der Waals surface area contributed by atoms with E-state index < -0.39 is 5.97 Å². The molecule has 0 aliphatic carbocycles. The van der Waals surface area contributed by atoms with Gasteiger partial charge in [-0.2, -0.15) is 5.10 Å². The molecule has 160 valence electrons. The smallest absolute Gasteiger partial charge is 0.341 e. The zero-order chi connectivity index (χ0) is 22.2. The molecule has 8 nitrogen and oxygen atoms in total. The van der Waals surface area contributed by atoms with E-state index >= 15 is 0 Å². The van der Waals surface area contributed by atoms with Crippen LogP contribution < -0.4 is 10.6 Å². The Balaban J connectivity index is 1.59. The fourth-order valence-corrected chi connectivity index (χ4v) is 3.00. The molecule has 0 radical (unpaired) electrons. The molecule has 1 aromatic heterocycles. The molecule has 3 rings (SSSR count). The van der Waals surface area contributed by atoms with Crippen molar-refractivity contribution in [3.8, 4) is 5.69 Å². The van der Waals surface area contributed by atoms with E-state index in [9.17, 15) is 14.4 Å². The number of benzene rings is 2. The fourth-order valence-electron chi connectivity index (χ4n) is 3.00. The molecule has 2 N–H and O–H groups in total. The largest absolute Gasteiger partial charge is 0.462 e. The van der Waals surface area contributed by atoms with Crippen LogP contribution in [0.1, 0.15) is 39.8 Å². The summed E-state index contributed by atoms with van der Waals surface area (Å²) in [5.41, 5.74) is 2.87. The summed E-state index contributed by atoms with van der Waals surface area (Å²) in [4.78, 5) is 36.3. The lowest BCUT2D eigenvalue weighted by molar-refractivity contribution is -0.116. The minimum atomic E-state index is -0.423. The maximum atomic E-state index is 12.3. The van der Waals surface area contributed by atoms with Crippen molar-refractivity contribution >= 4 is 23.5 Å². The molecule has 0 unspecified atom stereocenters. The molecule has 0 saturated heterocycles. The van der Waals surface area contributed by atoms with Crippen LogP contribution in [0.15, 0.2) is 60.8 Å². The summed E-state index contributed by atoms with van der Waals surface area (Å²) in [5.74, 6) is -0.870. The molecule has 3 aromatic rings. The minimum Gasteiger partial charge on any atom is -0.462 e. The van der Waals surface area contributed by atoms with Gasteiger partial charge in [0.05, 0.1) is 24.2 Å². The number of hydrogen-bond donors (Lipinski definition) is 2. The van der Waals surface area contributed by atoms with Gasteiger partial charge >= 0.3 is 5.97 Å². The Bertz CT molecular complexity index is 1080. The first-order chi connectivity index (χ1) is 15.0. The SMILES string of the molecule is CCOC(=O)c1cnn(-c2cccc(NC(=O)CCNC(=O)c3ccccc3)c2)c1C. The second kappa shape index (κ2) is 10.2. The third-order valence-electron chi connectivity index (χ3n) is 4.55. The Morgan fingerprint density at radius 3 is 2.58 bits per heavy atom. The summed E-state index contributed by atoms with van der Waals surface area (Å²) in [6.07, 6.45) is 1.60. The molecule has 0 aliphatic rings. The molecule has 0 aliphatic heterocycles. The number of esters is 1. The maximum absolute atomic E-state index is 12.3. The molecule has 0 saturated carbocycles. The van der Waals surface area contributed by atoms with Crippen molar-refractivity contribution in [3.05, 3.63) is 77.6 Å². The lowest BCUT2D eigenvalue weighted by Crippen LogP contribution is -2.27. The lowest BCUT2D eigenvalue weighted by Gasteiger charge is -2.10. The van der Waals surface area contributed by atoms with Crippen molar-refractivity contribution in [2.75, 3.05) is 18.5 Å². The number of carbonyl (C=O) groups is 3. The average molecular weight is 420 g/mol. The molecular weight excluding hydrogens is 396 g/mol. The first-order valence-electron chi connectivity index (χ1n) is 9.95. The minimum absolute atomic E-state index is 0.136. The Kier molecular flexibility index (Phi) is 7.16. The van der Waals surface area contributed by atoms with Crippen LogP contribution in [-0.4, -0.2) is 40.7 Å². The Morgan fingerprint density at radius 1 is 1.06 bits per heavy atom. The molecule has 0 bridgehead atoms. The highest BCUT2D eigenvalue weighted by Gasteiger charge is 2.16. The van der Waals surface area contributed by atoms with Crippen molar-refractivity contribution in [3.63, 3.8) is 0 Å². The van der Waals surface area contributed by atoms with Crippen molar-refractivity contribution in [1.29, 1.82) is 0 Å². The van der Waals surface area contributed by atoms with E-state index in [0.717, 1.165) is 0 Å². The van der Waals surface area contributed by atoms with Crippen LogP contribution in [0.2, 0.25) is 0 Å². The third-order valence-corrected chi connectivity index (χ3v) is 4.55. The van der Waals surface area contributed by atoms with E-state index in [1.165, 1.54) is 6.20 Å². The number of hydrogen-bond acceptors (Lipinski definition) is 5. The van der Waals surface area contributed by atoms with Gasteiger partial charge in [-0.3, -0.25) is 9.59 Å². The Morgan fingerprint density at radius 2 is 1.84 bits per heavy atom. The van der Waals surface area contributed by atoms with Crippen molar-refractivity contribution in [2.24, 2.45) is 0 Å². The molecule has 0 spiro atoms. The second-order valence-electron chi connectivity index (χ2n) is 6.75. The normalized spacial score (nSPS) is 10.4. The Labute approximate surface area is 180 Å². The zero-order valence-corrected chi connectivity index (χ0v) is 17.4.